The van der Waals surface area contributed by atoms with Gasteiger partial charge in [0.25, 0.3) is 0 Å². The Morgan fingerprint density at radius 1 is 1.03 bits per heavy atom. The van der Waals surface area contributed by atoms with Gasteiger partial charge in [-0.2, -0.15) is 4.98 Å². The lowest BCUT2D eigenvalue weighted by molar-refractivity contribution is 0.340. The molecule has 2 aromatic carbocycles. The van der Waals surface area contributed by atoms with Crippen molar-refractivity contribution in [1.82, 2.24) is 24.8 Å². The number of anilines is 1. The highest BCUT2D eigenvalue weighted by atomic mass is 19.2. The molecule has 0 aliphatic carbocycles. The number of halogens is 4. The van der Waals surface area contributed by atoms with Crippen molar-refractivity contribution < 1.29 is 17.6 Å². The molecule has 1 atom stereocenters. The highest BCUT2D eigenvalue weighted by Gasteiger charge is 2.23. The fraction of sp³-hybridized carbons (Fsp3) is 0.292. The first-order valence-corrected chi connectivity index (χ1v) is 11.1. The quantitative estimate of drug-likeness (QED) is 0.401. The molecule has 0 spiro atoms. The Morgan fingerprint density at radius 3 is 2.71 bits per heavy atom. The van der Waals surface area contributed by atoms with Gasteiger partial charge < -0.3 is 15.2 Å². The fourth-order valence-corrected chi connectivity index (χ4v) is 4.23. The number of fused-ring (bicyclic) bond motifs is 1. The van der Waals surface area contributed by atoms with E-state index in [2.05, 4.69) is 25.6 Å². The molecule has 0 saturated carbocycles. The van der Waals surface area contributed by atoms with Crippen molar-refractivity contribution >= 4 is 17.1 Å². The van der Waals surface area contributed by atoms with Crippen LogP contribution in [0.4, 0.5) is 23.5 Å². The second kappa shape index (κ2) is 9.38. The molecule has 0 amide bonds. The zero-order chi connectivity index (χ0) is 23.7. The standard InChI is InChI=1S/C24H22F4N6/c25-17-7-6-14(9-19(17)27)11-30-24-31-12-20-23(33-24)34(13-15-3-2-8-29-10-15)22(32-20)16-4-1-5-18(26)21(16)28/h1,4-7,9,12,15,29H,2-3,8,10-11,13H2,(H,30,31,33)/t15-/m1/s1. The zero-order valence-corrected chi connectivity index (χ0v) is 18.2. The molecule has 4 aromatic rings. The van der Waals surface area contributed by atoms with E-state index in [1.54, 1.807) is 4.57 Å². The summed E-state index contributed by atoms with van der Waals surface area (Å²) in [5, 5.41) is 6.36. The number of aromatic nitrogens is 4. The van der Waals surface area contributed by atoms with E-state index >= 15 is 0 Å². The third kappa shape index (κ3) is 4.45. The van der Waals surface area contributed by atoms with Crippen LogP contribution in [0.2, 0.25) is 0 Å². The molecule has 2 aromatic heterocycles. The van der Waals surface area contributed by atoms with Crippen LogP contribution in [-0.4, -0.2) is 32.6 Å². The molecule has 10 heteroatoms. The minimum Gasteiger partial charge on any atom is -0.350 e. The van der Waals surface area contributed by atoms with Crippen molar-refractivity contribution in [2.75, 3.05) is 18.4 Å². The van der Waals surface area contributed by atoms with Gasteiger partial charge in [0, 0.05) is 13.1 Å². The summed E-state index contributed by atoms with van der Waals surface area (Å²) in [6.07, 6.45) is 3.52. The minimum atomic E-state index is -0.967. The zero-order valence-electron chi connectivity index (χ0n) is 18.2. The van der Waals surface area contributed by atoms with Crippen molar-refractivity contribution in [2.24, 2.45) is 5.92 Å². The number of piperidine rings is 1. The van der Waals surface area contributed by atoms with Crippen molar-refractivity contribution in [2.45, 2.75) is 25.9 Å². The van der Waals surface area contributed by atoms with E-state index in [1.165, 1.54) is 24.4 Å². The van der Waals surface area contributed by atoms with E-state index in [0.717, 1.165) is 44.1 Å². The lowest BCUT2D eigenvalue weighted by Crippen LogP contribution is -2.32. The van der Waals surface area contributed by atoms with Gasteiger partial charge in [-0.3, -0.25) is 0 Å². The van der Waals surface area contributed by atoms with Crippen molar-refractivity contribution in [3.05, 3.63) is 71.4 Å². The maximum Gasteiger partial charge on any atom is 0.225 e. The number of nitrogens with one attached hydrogen (secondary N) is 2. The summed E-state index contributed by atoms with van der Waals surface area (Å²) < 4.78 is 57.1. The molecule has 1 saturated heterocycles. The number of imidazole rings is 1. The van der Waals surface area contributed by atoms with Crippen LogP contribution in [0.25, 0.3) is 22.6 Å². The second-order valence-electron chi connectivity index (χ2n) is 8.36. The van der Waals surface area contributed by atoms with Gasteiger partial charge in [-0.05, 0) is 61.7 Å². The molecule has 0 radical (unpaired) electrons. The van der Waals surface area contributed by atoms with Crippen LogP contribution in [0, 0.1) is 29.2 Å². The number of hydrogen-bond acceptors (Lipinski definition) is 5. The van der Waals surface area contributed by atoms with Crippen LogP contribution < -0.4 is 10.6 Å². The van der Waals surface area contributed by atoms with Crippen molar-refractivity contribution in [1.29, 1.82) is 0 Å². The van der Waals surface area contributed by atoms with E-state index in [9.17, 15) is 17.6 Å². The van der Waals surface area contributed by atoms with Crippen LogP contribution in [0.5, 0.6) is 0 Å². The van der Waals surface area contributed by atoms with Gasteiger partial charge in [0.2, 0.25) is 5.95 Å². The maximum absolute atomic E-state index is 14.7. The Kier molecular flexibility index (Phi) is 6.14. The highest BCUT2D eigenvalue weighted by Crippen LogP contribution is 2.29. The Labute approximate surface area is 193 Å². The summed E-state index contributed by atoms with van der Waals surface area (Å²) in [4.78, 5) is 13.3. The predicted molar refractivity (Wildman–Crippen MR) is 120 cm³/mol. The lowest BCUT2D eigenvalue weighted by Gasteiger charge is -2.24. The molecule has 0 bridgehead atoms. The molecule has 1 aliphatic heterocycles. The summed E-state index contributed by atoms with van der Waals surface area (Å²) in [7, 11) is 0. The molecule has 2 N–H and O–H groups in total. The smallest absolute Gasteiger partial charge is 0.225 e. The number of nitrogens with zero attached hydrogens (tertiary/aromatic N) is 4. The average molecular weight is 470 g/mol. The normalized spacial score (nSPS) is 16.2. The van der Waals surface area contributed by atoms with Gasteiger partial charge in [0.1, 0.15) is 11.3 Å². The Hall–Kier alpha value is -3.53. The Morgan fingerprint density at radius 2 is 1.91 bits per heavy atom. The summed E-state index contributed by atoms with van der Waals surface area (Å²) in [5.74, 6) is -2.96. The van der Waals surface area contributed by atoms with Crippen molar-refractivity contribution in [3.8, 4) is 11.4 Å². The number of benzene rings is 2. The Bertz CT molecular complexity index is 1330. The highest BCUT2D eigenvalue weighted by molar-refractivity contribution is 5.77. The fourth-order valence-electron chi connectivity index (χ4n) is 4.23. The van der Waals surface area contributed by atoms with Gasteiger partial charge in [-0.15, -0.1) is 0 Å². The predicted octanol–water partition coefficient (Wildman–Crippen LogP) is 4.66. The number of hydrogen-bond donors (Lipinski definition) is 2. The Balaban J connectivity index is 1.51. The average Bonchev–Trinajstić information content (AvgIpc) is 3.19. The van der Waals surface area contributed by atoms with Crippen LogP contribution in [-0.2, 0) is 13.1 Å². The first-order valence-electron chi connectivity index (χ1n) is 11.1. The molecular formula is C24H22F4N6. The van der Waals surface area contributed by atoms with Gasteiger partial charge in [0.05, 0.1) is 11.8 Å². The van der Waals surface area contributed by atoms with E-state index in [4.69, 9.17) is 0 Å². The SMILES string of the molecule is Fc1ccc(CNc2ncc3nc(-c4cccc(F)c4F)n(C[C@@H]4CCCNC4)c3n2)cc1F. The summed E-state index contributed by atoms with van der Waals surface area (Å²) >= 11 is 0. The monoisotopic (exact) mass is 470 g/mol. The van der Waals surface area contributed by atoms with Crippen molar-refractivity contribution in [3.63, 3.8) is 0 Å². The summed E-state index contributed by atoms with van der Waals surface area (Å²) in [6.45, 7) is 2.45. The molecule has 34 heavy (non-hydrogen) atoms. The minimum absolute atomic E-state index is 0.0538. The molecule has 5 rings (SSSR count). The van der Waals surface area contributed by atoms with E-state index in [0.29, 0.717) is 23.3 Å². The van der Waals surface area contributed by atoms with Gasteiger partial charge in [-0.25, -0.2) is 27.5 Å². The lowest BCUT2D eigenvalue weighted by atomic mass is 9.99. The molecule has 6 nitrogen and oxygen atoms in total. The van der Waals surface area contributed by atoms with Crippen LogP contribution in [0.1, 0.15) is 18.4 Å². The molecule has 0 unspecified atom stereocenters. The van der Waals surface area contributed by atoms with Crippen LogP contribution in [0.15, 0.2) is 42.6 Å². The molecule has 3 heterocycles. The third-order valence-corrected chi connectivity index (χ3v) is 5.95. The number of rotatable bonds is 6. The third-order valence-electron chi connectivity index (χ3n) is 5.95. The molecule has 1 fully saturated rings. The van der Waals surface area contributed by atoms with Gasteiger partial charge in [-0.1, -0.05) is 12.1 Å². The molecule has 1 aliphatic rings. The van der Waals surface area contributed by atoms with Crippen LogP contribution in [0.3, 0.4) is 0 Å². The largest absolute Gasteiger partial charge is 0.350 e. The van der Waals surface area contributed by atoms with E-state index in [-0.39, 0.29) is 29.8 Å². The van der Waals surface area contributed by atoms with Crippen LogP contribution >= 0.6 is 0 Å². The van der Waals surface area contributed by atoms with E-state index < -0.39 is 23.3 Å². The first kappa shape index (κ1) is 22.3. The second-order valence-corrected chi connectivity index (χ2v) is 8.36. The summed E-state index contributed by atoms with van der Waals surface area (Å²) in [5.41, 5.74) is 1.50. The van der Waals surface area contributed by atoms with Gasteiger partial charge >= 0.3 is 0 Å². The van der Waals surface area contributed by atoms with E-state index in [1.807, 2.05) is 0 Å². The molecular weight excluding hydrogens is 448 g/mol. The first-order chi connectivity index (χ1) is 16.5. The summed E-state index contributed by atoms with van der Waals surface area (Å²) in [6, 6.07) is 7.63. The topological polar surface area (TPSA) is 67.7 Å². The maximum atomic E-state index is 14.7. The molecule has 176 valence electrons. The van der Waals surface area contributed by atoms with Gasteiger partial charge in [0.15, 0.2) is 28.9 Å².